The summed E-state index contributed by atoms with van der Waals surface area (Å²) >= 11 is 0. The monoisotopic (exact) mass is 395 g/mol. The molecule has 0 bridgehead atoms. The maximum absolute atomic E-state index is 4.85. The lowest BCUT2D eigenvalue weighted by Gasteiger charge is -2.02. The third-order valence-electron chi connectivity index (χ3n) is 5.18. The Kier molecular flexibility index (Phi) is 3.40. The van der Waals surface area contributed by atoms with Crippen LogP contribution in [-0.2, 0) is 7.05 Å². The number of hydrogen-bond acceptors (Lipinski definition) is 5. The highest BCUT2D eigenvalue weighted by Gasteiger charge is 2.16. The van der Waals surface area contributed by atoms with Crippen LogP contribution in [-0.4, -0.2) is 44.5 Å². The van der Waals surface area contributed by atoms with E-state index in [2.05, 4.69) is 36.3 Å². The Bertz CT molecular complexity index is 1530. The van der Waals surface area contributed by atoms with E-state index in [0.29, 0.717) is 0 Å². The normalized spacial score (nSPS) is 11.7. The molecule has 0 aliphatic carbocycles. The average Bonchev–Trinajstić information content (AvgIpc) is 3.52. The van der Waals surface area contributed by atoms with Gasteiger partial charge in [0.05, 0.1) is 58.7 Å². The highest BCUT2D eigenvalue weighted by molar-refractivity contribution is 5.96. The molecule has 6 heterocycles. The highest BCUT2D eigenvalue weighted by atomic mass is 15.2. The number of aryl methyl sites for hydroxylation is 2. The van der Waals surface area contributed by atoms with Crippen LogP contribution in [0.15, 0.2) is 55.5 Å². The van der Waals surface area contributed by atoms with Crippen LogP contribution in [0, 0.1) is 6.92 Å². The molecular formula is C21H17N9. The largest absolute Gasteiger partial charge is 0.352 e. The van der Waals surface area contributed by atoms with Crippen LogP contribution in [0.2, 0.25) is 0 Å². The van der Waals surface area contributed by atoms with E-state index < -0.39 is 0 Å². The van der Waals surface area contributed by atoms with Crippen LogP contribution in [0.4, 0.5) is 0 Å². The second kappa shape index (κ2) is 6.11. The summed E-state index contributed by atoms with van der Waals surface area (Å²) in [4.78, 5) is 17.0. The molecule has 6 aromatic heterocycles. The molecule has 0 fully saturated rings. The molecule has 9 heteroatoms. The van der Waals surface area contributed by atoms with E-state index in [-0.39, 0.29) is 0 Å². The third-order valence-corrected chi connectivity index (χ3v) is 5.18. The number of aromatic amines is 2. The van der Waals surface area contributed by atoms with Crippen molar-refractivity contribution in [1.82, 2.24) is 44.5 Å². The van der Waals surface area contributed by atoms with Crippen molar-refractivity contribution in [2.45, 2.75) is 6.92 Å². The number of nitrogens with one attached hydrogen (secondary N) is 2. The van der Waals surface area contributed by atoms with E-state index >= 15 is 0 Å². The Morgan fingerprint density at radius 3 is 2.77 bits per heavy atom. The van der Waals surface area contributed by atoms with Crippen molar-refractivity contribution in [2.75, 3.05) is 0 Å². The number of H-pyrrole nitrogens is 2. The maximum atomic E-state index is 4.85. The van der Waals surface area contributed by atoms with E-state index in [1.165, 1.54) is 0 Å². The van der Waals surface area contributed by atoms with E-state index in [4.69, 9.17) is 4.98 Å². The van der Waals surface area contributed by atoms with Gasteiger partial charge in [-0.1, -0.05) is 0 Å². The van der Waals surface area contributed by atoms with Crippen LogP contribution in [0.3, 0.4) is 0 Å². The van der Waals surface area contributed by atoms with Crippen molar-refractivity contribution in [3.63, 3.8) is 0 Å². The first-order valence-electron chi connectivity index (χ1n) is 9.48. The lowest BCUT2D eigenvalue weighted by atomic mass is 10.2. The van der Waals surface area contributed by atoms with Crippen LogP contribution >= 0.6 is 0 Å². The fraction of sp³-hybridized carbons (Fsp3) is 0.0952. The minimum Gasteiger partial charge on any atom is -0.352 e. The number of rotatable bonds is 3. The SMILES string of the molecule is Cc1cn(-c2cncc3[nH]c(-c4n[nH]c5ccc(-c6cnn(C)c6)nc45)cc23)cn1. The van der Waals surface area contributed by atoms with Crippen molar-refractivity contribution >= 4 is 21.9 Å². The molecule has 30 heavy (non-hydrogen) atoms. The molecule has 0 atom stereocenters. The molecule has 0 aliphatic heterocycles. The zero-order valence-electron chi connectivity index (χ0n) is 16.3. The van der Waals surface area contributed by atoms with Gasteiger partial charge in [0.2, 0.25) is 0 Å². The summed E-state index contributed by atoms with van der Waals surface area (Å²) in [7, 11) is 1.89. The molecule has 0 unspecified atom stereocenters. The second-order valence-electron chi connectivity index (χ2n) is 7.29. The Morgan fingerprint density at radius 1 is 1.03 bits per heavy atom. The van der Waals surface area contributed by atoms with Crippen LogP contribution in [0.25, 0.3) is 50.3 Å². The summed E-state index contributed by atoms with van der Waals surface area (Å²) in [6.07, 6.45) is 11.2. The Balaban J connectivity index is 1.52. The van der Waals surface area contributed by atoms with Crippen molar-refractivity contribution in [2.24, 2.45) is 7.05 Å². The quantitative estimate of drug-likeness (QED) is 0.478. The van der Waals surface area contributed by atoms with E-state index in [0.717, 1.165) is 56.0 Å². The fourth-order valence-corrected chi connectivity index (χ4v) is 3.72. The molecule has 0 radical (unpaired) electrons. The summed E-state index contributed by atoms with van der Waals surface area (Å²) in [5.74, 6) is 0. The molecule has 0 aromatic carbocycles. The van der Waals surface area contributed by atoms with Crippen LogP contribution in [0.5, 0.6) is 0 Å². The minimum atomic E-state index is 0.764. The summed E-state index contributed by atoms with van der Waals surface area (Å²) < 4.78 is 3.74. The zero-order valence-corrected chi connectivity index (χ0v) is 16.3. The van der Waals surface area contributed by atoms with Gasteiger partial charge in [0.15, 0.2) is 0 Å². The molecule has 146 valence electrons. The van der Waals surface area contributed by atoms with Crippen molar-refractivity contribution in [1.29, 1.82) is 0 Å². The van der Waals surface area contributed by atoms with E-state index in [1.807, 2.05) is 61.7 Å². The van der Waals surface area contributed by atoms with Gasteiger partial charge in [0.1, 0.15) is 11.2 Å². The van der Waals surface area contributed by atoms with Crippen molar-refractivity contribution in [3.8, 4) is 28.3 Å². The number of imidazole rings is 1. The first kappa shape index (κ1) is 16.7. The Hall–Kier alpha value is -4.27. The predicted octanol–water partition coefficient (Wildman–Crippen LogP) is 3.40. The smallest absolute Gasteiger partial charge is 0.135 e. The number of pyridine rings is 2. The summed E-state index contributed by atoms with van der Waals surface area (Å²) in [5, 5.41) is 12.9. The summed E-state index contributed by atoms with van der Waals surface area (Å²) in [6.45, 7) is 1.97. The first-order chi connectivity index (χ1) is 14.7. The maximum Gasteiger partial charge on any atom is 0.135 e. The highest BCUT2D eigenvalue weighted by Crippen LogP contribution is 2.31. The van der Waals surface area contributed by atoms with Gasteiger partial charge in [-0.05, 0) is 25.1 Å². The lowest BCUT2D eigenvalue weighted by molar-refractivity contribution is 0.768. The number of hydrogen-bond donors (Lipinski definition) is 2. The Morgan fingerprint density at radius 2 is 1.97 bits per heavy atom. The molecule has 0 saturated heterocycles. The standard InChI is InChI=1S/C21H17N9/c1-12-9-30(11-23-12)19-8-22-7-18-14(19)5-17(25-18)21-20-16(27-28-21)4-3-15(26-20)13-6-24-29(2)10-13/h3-11,25H,1-2H3,(H,27,28). The van der Waals surface area contributed by atoms with Crippen molar-refractivity contribution < 1.29 is 0 Å². The van der Waals surface area contributed by atoms with E-state index in [1.54, 1.807) is 11.0 Å². The lowest BCUT2D eigenvalue weighted by Crippen LogP contribution is -1.91. The fourth-order valence-electron chi connectivity index (χ4n) is 3.72. The molecule has 0 amide bonds. The van der Waals surface area contributed by atoms with Gasteiger partial charge in [0.25, 0.3) is 0 Å². The topological polar surface area (TPSA) is 106 Å². The Labute approximate surface area is 170 Å². The van der Waals surface area contributed by atoms with Crippen LogP contribution in [0.1, 0.15) is 5.69 Å². The van der Waals surface area contributed by atoms with Gasteiger partial charge < -0.3 is 9.55 Å². The predicted molar refractivity (Wildman–Crippen MR) is 113 cm³/mol. The molecule has 6 aromatic rings. The molecule has 6 rings (SSSR count). The van der Waals surface area contributed by atoms with Crippen LogP contribution < -0.4 is 0 Å². The summed E-state index contributed by atoms with van der Waals surface area (Å²) in [5.41, 5.74) is 7.96. The molecule has 0 spiro atoms. The number of nitrogens with zero attached hydrogens (tertiary/aromatic N) is 7. The minimum absolute atomic E-state index is 0.764. The third kappa shape index (κ3) is 2.52. The molecule has 2 N–H and O–H groups in total. The zero-order chi connectivity index (χ0) is 20.2. The molecule has 0 saturated carbocycles. The number of aromatic nitrogens is 9. The van der Waals surface area contributed by atoms with Gasteiger partial charge >= 0.3 is 0 Å². The van der Waals surface area contributed by atoms with Gasteiger partial charge in [0, 0.05) is 30.4 Å². The summed E-state index contributed by atoms with van der Waals surface area (Å²) in [6, 6.07) is 6.04. The van der Waals surface area contributed by atoms with Gasteiger partial charge in [-0.25, -0.2) is 9.97 Å². The average molecular weight is 395 g/mol. The molecule has 9 nitrogen and oxygen atoms in total. The van der Waals surface area contributed by atoms with Gasteiger partial charge in [-0.2, -0.15) is 10.2 Å². The first-order valence-corrected chi connectivity index (χ1v) is 9.48. The number of fused-ring (bicyclic) bond motifs is 2. The van der Waals surface area contributed by atoms with E-state index in [9.17, 15) is 0 Å². The molecule has 0 aliphatic rings. The second-order valence-corrected chi connectivity index (χ2v) is 7.29. The molecular weight excluding hydrogens is 378 g/mol. The van der Waals surface area contributed by atoms with Gasteiger partial charge in [-0.3, -0.25) is 14.8 Å². The van der Waals surface area contributed by atoms with Gasteiger partial charge in [-0.15, -0.1) is 0 Å². The van der Waals surface area contributed by atoms with Crippen molar-refractivity contribution in [3.05, 3.63) is 61.2 Å².